The van der Waals surface area contributed by atoms with E-state index in [1.807, 2.05) is 0 Å². The van der Waals surface area contributed by atoms with Gasteiger partial charge in [0.1, 0.15) is 11.5 Å². The predicted molar refractivity (Wildman–Crippen MR) is 116 cm³/mol. The van der Waals surface area contributed by atoms with Crippen LogP contribution in [-0.4, -0.2) is 21.0 Å². The standard InChI is InChI=1S/C23H14F7N5O/c24-16-6-8-17(9-7-16)31-21(36)32-20-19(13-4-2-1-3-5-13)35(34-33-20)18-11-14(22(25,26)27)10-15(12-18)23(28,29)30/h1-12H,(H2,31,32,36). The van der Waals surface area contributed by atoms with Gasteiger partial charge in [0.25, 0.3) is 0 Å². The molecular formula is C23H14F7N5O. The molecule has 0 saturated heterocycles. The van der Waals surface area contributed by atoms with E-state index in [1.165, 1.54) is 24.3 Å². The van der Waals surface area contributed by atoms with Crippen LogP contribution in [0.2, 0.25) is 0 Å². The third-order valence-corrected chi connectivity index (χ3v) is 4.87. The second-order valence-corrected chi connectivity index (χ2v) is 7.41. The minimum atomic E-state index is -5.07. The molecule has 6 nitrogen and oxygen atoms in total. The Balaban J connectivity index is 1.80. The molecule has 0 aliphatic carbocycles. The van der Waals surface area contributed by atoms with Crippen LogP contribution < -0.4 is 10.6 Å². The van der Waals surface area contributed by atoms with E-state index in [0.29, 0.717) is 17.7 Å². The van der Waals surface area contributed by atoms with Gasteiger partial charge in [0.15, 0.2) is 5.82 Å². The number of carbonyl (C=O) groups excluding carboxylic acids is 1. The number of amides is 2. The number of nitrogens with one attached hydrogen (secondary N) is 2. The van der Waals surface area contributed by atoms with E-state index in [4.69, 9.17) is 0 Å². The molecule has 0 radical (unpaired) electrons. The molecule has 3 aromatic carbocycles. The van der Waals surface area contributed by atoms with Gasteiger partial charge in [0.2, 0.25) is 0 Å². The monoisotopic (exact) mass is 509 g/mol. The highest BCUT2D eigenvalue weighted by Gasteiger charge is 2.37. The van der Waals surface area contributed by atoms with Crippen LogP contribution in [0, 0.1) is 5.82 Å². The lowest BCUT2D eigenvalue weighted by Crippen LogP contribution is -2.20. The normalized spacial score (nSPS) is 11.9. The number of aromatic nitrogens is 3. The van der Waals surface area contributed by atoms with Crippen molar-refractivity contribution in [1.29, 1.82) is 0 Å². The lowest BCUT2D eigenvalue weighted by molar-refractivity contribution is -0.143. The molecule has 0 bridgehead atoms. The number of hydrogen-bond donors (Lipinski definition) is 2. The van der Waals surface area contributed by atoms with Crippen LogP contribution in [0.5, 0.6) is 0 Å². The molecule has 4 rings (SSSR count). The molecule has 0 spiro atoms. The number of urea groups is 1. The quantitative estimate of drug-likeness (QED) is 0.299. The van der Waals surface area contributed by atoms with Crippen molar-refractivity contribution in [2.45, 2.75) is 12.4 Å². The van der Waals surface area contributed by atoms with Crippen LogP contribution in [-0.2, 0) is 12.4 Å². The lowest BCUT2D eigenvalue weighted by atomic mass is 10.1. The topological polar surface area (TPSA) is 71.8 Å². The first kappa shape index (κ1) is 24.7. The highest BCUT2D eigenvalue weighted by Crippen LogP contribution is 2.38. The highest BCUT2D eigenvalue weighted by molar-refractivity contribution is 6.01. The number of nitrogens with zero attached hydrogens (tertiary/aromatic N) is 3. The fourth-order valence-electron chi connectivity index (χ4n) is 3.27. The van der Waals surface area contributed by atoms with Gasteiger partial charge in [-0.05, 0) is 42.5 Å². The zero-order chi connectivity index (χ0) is 26.1. The first-order chi connectivity index (χ1) is 16.9. The molecule has 4 aromatic rings. The molecule has 1 heterocycles. The van der Waals surface area contributed by atoms with Gasteiger partial charge < -0.3 is 5.32 Å². The fourth-order valence-corrected chi connectivity index (χ4v) is 3.27. The van der Waals surface area contributed by atoms with E-state index in [-0.39, 0.29) is 23.3 Å². The minimum Gasteiger partial charge on any atom is -0.308 e. The van der Waals surface area contributed by atoms with Gasteiger partial charge in [0.05, 0.1) is 16.8 Å². The van der Waals surface area contributed by atoms with Crippen LogP contribution in [0.25, 0.3) is 16.9 Å². The molecule has 0 saturated carbocycles. The van der Waals surface area contributed by atoms with E-state index in [1.54, 1.807) is 18.2 Å². The third-order valence-electron chi connectivity index (χ3n) is 4.87. The Morgan fingerprint density at radius 3 is 1.92 bits per heavy atom. The summed E-state index contributed by atoms with van der Waals surface area (Å²) in [5.74, 6) is -0.777. The molecule has 0 aliphatic heterocycles. The fraction of sp³-hybridized carbons (Fsp3) is 0.0870. The molecule has 0 unspecified atom stereocenters. The average molecular weight is 509 g/mol. The number of benzene rings is 3. The Hall–Kier alpha value is -4.42. The van der Waals surface area contributed by atoms with E-state index in [9.17, 15) is 35.5 Å². The smallest absolute Gasteiger partial charge is 0.308 e. The number of hydrogen-bond acceptors (Lipinski definition) is 3. The van der Waals surface area contributed by atoms with Crippen LogP contribution in [0.15, 0.2) is 72.8 Å². The number of alkyl halides is 6. The van der Waals surface area contributed by atoms with E-state index < -0.39 is 41.0 Å². The zero-order valence-electron chi connectivity index (χ0n) is 17.8. The Kier molecular flexibility index (Phi) is 6.39. The van der Waals surface area contributed by atoms with Crippen LogP contribution >= 0.6 is 0 Å². The van der Waals surface area contributed by atoms with Gasteiger partial charge in [-0.2, -0.15) is 26.3 Å². The van der Waals surface area contributed by atoms with Crippen LogP contribution in [0.4, 0.5) is 47.0 Å². The Labute approximate surface area is 198 Å². The number of anilines is 2. The summed E-state index contributed by atoms with van der Waals surface area (Å²) < 4.78 is 94.2. The Bertz CT molecular complexity index is 1350. The predicted octanol–water partition coefficient (Wildman–Crippen LogP) is 6.76. The van der Waals surface area contributed by atoms with Crippen LogP contribution in [0.1, 0.15) is 11.1 Å². The Morgan fingerprint density at radius 2 is 1.36 bits per heavy atom. The first-order valence-corrected chi connectivity index (χ1v) is 10.1. The minimum absolute atomic E-state index is 0.00206. The molecule has 13 heteroatoms. The van der Waals surface area contributed by atoms with Gasteiger partial charge in [-0.1, -0.05) is 35.5 Å². The first-order valence-electron chi connectivity index (χ1n) is 10.1. The maximum Gasteiger partial charge on any atom is 0.416 e. The molecule has 36 heavy (non-hydrogen) atoms. The zero-order valence-corrected chi connectivity index (χ0v) is 17.8. The summed E-state index contributed by atoms with van der Waals surface area (Å²) >= 11 is 0. The molecule has 2 N–H and O–H groups in total. The van der Waals surface area contributed by atoms with Gasteiger partial charge in [-0.15, -0.1) is 5.10 Å². The largest absolute Gasteiger partial charge is 0.416 e. The van der Waals surface area contributed by atoms with Crippen molar-refractivity contribution in [3.63, 3.8) is 0 Å². The van der Waals surface area contributed by atoms with Gasteiger partial charge >= 0.3 is 18.4 Å². The lowest BCUT2D eigenvalue weighted by Gasteiger charge is -2.15. The summed E-state index contributed by atoms with van der Waals surface area (Å²) in [5, 5.41) is 12.3. The van der Waals surface area contributed by atoms with Crippen molar-refractivity contribution in [1.82, 2.24) is 15.0 Å². The molecular weight excluding hydrogens is 495 g/mol. The molecule has 0 fully saturated rings. The number of carbonyl (C=O) groups is 1. The Morgan fingerprint density at radius 1 is 0.778 bits per heavy atom. The summed E-state index contributed by atoms with van der Waals surface area (Å²) in [6, 6.07) is 12.7. The molecule has 1 aromatic heterocycles. The van der Waals surface area contributed by atoms with E-state index >= 15 is 0 Å². The number of halogens is 7. The second kappa shape index (κ2) is 9.32. The van der Waals surface area contributed by atoms with Crippen molar-refractivity contribution >= 4 is 17.5 Å². The summed E-state index contributed by atoms with van der Waals surface area (Å²) in [6.45, 7) is 0. The molecule has 0 atom stereocenters. The summed E-state index contributed by atoms with van der Waals surface area (Å²) in [6.07, 6.45) is -10.1. The maximum atomic E-state index is 13.4. The van der Waals surface area contributed by atoms with Gasteiger partial charge in [-0.25, -0.2) is 13.9 Å². The average Bonchev–Trinajstić information content (AvgIpc) is 3.23. The molecule has 0 aliphatic rings. The maximum absolute atomic E-state index is 13.4. The van der Waals surface area contributed by atoms with Crippen molar-refractivity contribution < 1.29 is 35.5 Å². The SMILES string of the molecule is O=C(Nc1ccc(F)cc1)Nc1nnn(-c2cc(C(F)(F)F)cc(C(F)(F)F)c2)c1-c1ccccc1. The summed E-state index contributed by atoms with van der Waals surface area (Å²) in [5.41, 5.74) is -3.20. The third kappa shape index (κ3) is 5.45. The number of rotatable bonds is 4. The van der Waals surface area contributed by atoms with Gasteiger partial charge in [0, 0.05) is 11.3 Å². The van der Waals surface area contributed by atoms with Crippen molar-refractivity contribution in [2.24, 2.45) is 0 Å². The van der Waals surface area contributed by atoms with Gasteiger partial charge in [-0.3, -0.25) is 5.32 Å². The van der Waals surface area contributed by atoms with Crippen molar-refractivity contribution in [3.8, 4) is 16.9 Å². The second-order valence-electron chi connectivity index (χ2n) is 7.41. The van der Waals surface area contributed by atoms with Crippen LogP contribution in [0.3, 0.4) is 0 Å². The highest BCUT2D eigenvalue weighted by atomic mass is 19.4. The van der Waals surface area contributed by atoms with E-state index in [0.717, 1.165) is 16.8 Å². The summed E-state index contributed by atoms with van der Waals surface area (Å²) in [7, 11) is 0. The van der Waals surface area contributed by atoms with Crippen molar-refractivity contribution in [2.75, 3.05) is 10.6 Å². The molecule has 2 amide bonds. The summed E-state index contributed by atoms with van der Waals surface area (Å²) in [4.78, 5) is 12.5. The molecule has 186 valence electrons. The van der Waals surface area contributed by atoms with E-state index in [2.05, 4.69) is 20.9 Å². The van der Waals surface area contributed by atoms with Crippen molar-refractivity contribution in [3.05, 3.63) is 89.7 Å².